The van der Waals surface area contributed by atoms with Crippen LogP contribution in [0, 0.1) is 11.6 Å². The van der Waals surface area contributed by atoms with Gasteiger partial charge in [0.1, 0.15) is 5.82 Å². The van der Waals surface area contributed by atoms with Gasteiger partial charge >= 0.3 is 0 Å². The number of halogens is 3. The predicted molar refractivity (Wildman–Crippen MR) is 53.3 cm³/mol. The first-order valence-electron chi connectivity index (χ1n) is 4.43. The Bertz CT molecular complexity index is 356. The van der Waals surface area contributed by atoms with Gasteiger partial charge in [-0.25, -0.2) is 8.78 Å². The maximum absolute atomic E-state index is 13.5. The Morgan fingerprint density at radius 1 is 1.47 bits per heavy atom. The van der Waals surface area contributed by atoms with Crippen LogP contribution in [0.3, 0.4) is 0 Å². The summed E-state index contributed by atoms with van der Waals surface area (Å²) in [5.41, 5.74) is 0.0663. The number of rotatable bonds is 4. The number of benzene rings is 1. The monoisotopic (exact) mass is 236 g/mol. The van der Waals surface area contributed by atoms with Crippen LogP contribution in [0.1, 0.15) is 12.0 Å². The number of aliphatic hydroxyl groups is 1. The lowest BCUT2D eigenvalue weighted by Gasteiger charge is -2.11. The minimum absolute atomic E-state index is 0.0663. The lowest BCUT2D eigenvalue weighted by Crippen LogP contribution is -2.01. The molecule has 0 heterocycles. The van der Waals surface area contributed by atoms with Crippen molar-refractivity contribution in [3.05, 3.63) is 28.3 Å². The van der Waals surface area contributed by atoms with Crippen molar-refractivity contribution in [2.75, 3.05) is 13.7 Å². The first-order valence-corrected chi connectivity index (χ1v) is 4.80. The Labute approximate surface area is 91.4 Å². The molecule has 0 bridgehead atoms. The molecule has 5 heteroatoms. The normalized spacial score (nSPS) is 10.5. The van der Waals surface area contributed by atoms with Gasteiger partial charge in [-0.15, -0.1) is 0 Å². The van der Waals surface area contributed by atoms with E-state index in [-0.39, 0.29) is 29.4 Å². The van der Waals surface area contributed by atoms with Crippen molar-refractivity contribution in [2.45, 2.75) is 12.8 Å². The van der Waals surface area contributed by atoms with Gasteiger partial charge in [-0.05, 0) is 18.9 Å². The van der Waals surface area contributed by atoms with Crippen molar-refractivity contribution < 1.29 is 18.6 Å². The average Bonchev–Trinajstić information content (AvgIpc) is 2.21. The van der Waals surface area contributed by atoms with E-state index in [4.69, 9.17) is 21.4 Å². The second-order valence-corrected chi connectivity index (χ2v) is 3.40. The molecule has 0 aliphatic rings. The van der Waals surface area contributed by atoms with E-state index in [1.54, 1.807) is 0 Å². The zero-order valence-corrected chi connectivity index (χ0v) is 8.94. The van der Waals surface area contributed by atoms with Crippen molar-refractivity contribution in [2.24, 2.45) is 0 Å². The number of hydrogen-bond acceptors (Lipinski definition) is 2. The SMILES string of the molecule is COc1c(F)cc(Cl)c(F)c1CCCO. The standard InChI is InChI=1S/C10H11ClF2O2/c1-15-10-6(3-2-4-14)9(13)7(11)5-8(10)12/h5,14H,2-4H2,1H3. The fraction of sp³-hybridized carbons (Fsp3) is 0.400. The molecular weight excluding hydrogens is 226 g/mol. The van der Waals surface area contributed by atoms with E-state index in [0.29, 0.717) is 6.42 Å². The minimum Gasteiger partial charge on any atom is -0.493 e. The van der Waals surface area contributed by atoms with Gasteiger partial charge in [0.15, 0.2) is 11.6 Å². The van der Waals surface area contributed by atoms with Gasteiger partial charge in [-0.2, -0.15) is 0 Å². The van der Waals surface area contributed by atoms with Crippen molar-refractivity contribution >= 4 is 11.6 Å². The zero-order chi connectivity index (χ0) is 11.4. The van der Waals surface area contributed by atoms with Crippen LogP contribution in [0.15, 0.2) is 6.07 Å². The summed E-state index contributed by atoms with van der Waals surface area (Å²) in [5.74, 6) is -1.54. The Hall–Kier alpha value is -0.870. The molecule has 0 radical (unpaired) electrons. The molecule has 0 saturated carbocycles. The highest BCUT2D eigenvalue weighted by Crippen LogP contribution is 2.31. The first-order chi connectivity index (χ1) is 7.11. The third-order valence-corrected chi connectivity index (χ3v) is 2.28. The van der Waals surface area contributed by atoms with Crippen LogP contribution in [0.5, 0.6) is 5.75 Å². The topological polar surface area (TPSA) is 29.5 Å². The van der Waals surface area contributed by atoms with Crippen LogP contribution in [-0.2, 0) is 6.42 Å². The van der Waals surface area contributed by atoms with Crippen molar-refractivity contribution in [3.8, 4) is 5.75 Å². The second-order valence-electron chi connectivity index (χ2n) is 2.99. The van der Waals surface area contributed by atoms with Gasteiger partial charge in [0.2, 0.25) is 0 Å². The third-order valence-electron chi connectivity index (χ3n) is 2.01. The Morgan fingerprint density at radius 3 is 2.67 bits per heavy atom. The van der Waals surface area contributed by atoms with Crippen LogP contribution >= 0.6 is 11.6 Å². The van der Waals surface area contributed by atoms with Crippen LogP contribution in [0.25, 0.3) is 0 Å². The summed E-state index contributed by atoms with van der Waals surface area (Å²) in [5, 5.41) is 8.35. The summed E-state index contributed by atoms with van der Waals surface area (Å²) < 4.78 is 31.5. The number of methoxy groups -OCH3 is 1. The van der Waals surface area contributed by atoms with Gasteiger partial charge in [0.25, 0.3) is 0 Å². The molecule has 1 aromatic rings. The fourth-order valence-electron chi connectivity index (χ4n) is 1.33. The van der Waals surface area contributed by atoms with E-state index in [1.807, 2.05) is 0 Å². The van der Waals surface area contributed by atoms with Crippen LogP contribution in [0.4, 0.5) is 8.78 Å². The fourth-order valence-corrected chi connectivity index (χ4v) is 1.54. The molecular formula is C10H11ClF2O2. The molecule has 0 aliphatic carbocycles. The molecule has 2 nitrogen and oxygen atoms in total. The molecule has 0 aromatic heterocycles. The molecule has 1 N–H and O–H groups in total. The largest absolute Gasteiger partial charge is 0.493 e. The van der Waals surface area contributed by atoms with E-state index in [2.05, 4.69) is 0 Å². The summed E-state index contributed by atoms with van der Waals surface area (Å²) in [6.45, 7) is -0.100. The summed E-state index contributed by atoms with van der Waals surface area (Å²) in [6.07, 6.45) is 0.510. The number of ether oxygens (including phenoxy) is 1. The van der Waals surface area contributed by atoms with Crippen molar-refractivity contribution in [1.82, 2.24) is 0 Å². The van der Waals surface area contributed by atoms with E-state index in [9.17, 15) is 8.78 Å². The quantitative estimate of drug-likeness (QED) is 0.815. The highest BCUT2D eigenvalue weighted by Gasteiger charge is 2.17. The molecule has 0 fully saturated rings. The highest BCUT2D eigenvalue weighted by atomic mass is 35.5. The molecule has 0 unspecified atom stereocenters. The summed E-state index contributed by atoms with van der Waals surface area (Å²) in [4.78, 5) is 0. The van der Waals surface area contributed by atoms with Crippen molar-refractivity contribution in [1.29, 1.82) is 0 Å². The molecule has 1 rings (SSSR count). The van der Waals surface area contributed by atoms with Gasteiger partial charge in [0, 0.05) is 12.2 Å². The molecule has 0 saturated heterocycles. The second kappa shape index (κ2) is 5.28. The summed E-state index contributed by atoms with van der Waals surface area (Å²) >= 11 is 5.49. The molecule has 0 spiro atoms. The lowest BCUT2D eigenvalue weighted by atomic mass is 10.1. The molecule has 1 aromatic carbocycles. The molecule has 15 heavy (non-hydrogen) atoms. The maximum atomic E-state index is 13.5. The lowest BCUT2D eigenvalue weighted by molar-refractivity contribution is 0.286. The maximum Gasteiger partial charge on any atom is 0.167 e. The predicted octanol–water partition coefficient (Wildman–Crippen LogP) is 2.55. The molecule has 84 valence electrons. The van der Waals surface area contributed by atoms with Gasteiger partial charge in [0.05, 0.1) is 12.1 Å². The summed E-state index contributed by atoms with van der Waals surface area (Å²) in [7, 11) is 1.26. The summed E-state index contributed by atoms with van der Waals surface area (Å²) in [6, 6.07) is 0.873. The molecule has 0 atom stereocenters. The van der Waals surface area contributed by atoms with E-state index < -0.39 is 11.6 Å². The Kier molecular flexibility index (Phi) is 4.29. The Morgan fingerprint density at radius 2 is 2.13 bits per heavy atom. The molecule has 0 aliphatic heterocycles. The van der Waals surface area contributed by atoms with Gasteiger partial charge in [-0.1, -0.05) is 11.6 Å². The van der Waals surface area contributed by atoms with E-state index in [0.717, 1.165) is 6.07 Å². The average molecular weight is 237 g/mol. The van der Waals surface area contributed by atoms with Crippen LogP contribution < -0.4 is 4.74 Å². The number of hydrogen-bond donors (Lipinski definition) is 1. The van der Waals surface area contributed by atoms with E-state index >= 15 is 0 Å². The zero-order valence-electron chi connectivity index (χ0n) is 8.19. The first kappa shape index (κ1) is 12.2. The van der Waals surface area contributed by atoms with Crippen molar-refractivity contribution in [3.63, 3.8) is 0 Å². The third kappa shape index (κ3) is 2.58. The highest BCUT2D eigenvalue weighted by molar-refractivity contribution is 6.30. The minimum atomic E-state index is -0.697. The van der Waals surface area contributed by atoms with E-state index in [1.165, 1.54) is 7.11 Å². The van der Waals surface area contributed by atoms with Gasteiger partial charge in [-0.3, -0.25) is 0 Å². The van der Waals surface area contributed by atoms with Crippen LogP contribution in [0.2, 0.25) is 5.02 Å². The van der Waals surface area contributed by atoms with Gasteiger partial charge < -0.3 is 9.84 Å². The van der Waals surface area contributed by atoms with Crippen LogP contribution in [-0.4, -0.2) is 18.8 Å². The number of aliphatic hydroxyl groups excluding tert-OH is 1. The molecule has 0 amide bonds. The Balaban J connectivity index is 3.18. The smallest absolute Gasteiger partial charge is 0.167 e.